The van der Waals surface area contributed by atoms with Crippen molar-refractivity contribution in [3.05, 3.63) is 194 Å². The molecule has 0 fully saturated rings. The van der Waals surface area contributed by atoms with Gasteiger partial charge >= 0.3 is 0 Å². The number of fused-ring (bicyclic) bond motifs is 11. The summed E-state index contributed by atoms with van der Waals surface area (Å²) in [6.45, 7) is 0. The maximum Gasteiger partial charge on any atom is 0.145 e. The van der Waals surface area contributed by atoms with E-state index in [1.54, 1.807) is 0 Å². The number of imidazole rings is 1. The highest BCUT2D eigenvalue weighted by Crippen LogP contribution is 2.38. The molecule has 2 nitrogen and oxygen atoms in total. The largest absolute Gasteiger partial charge is 0.292 e. The standard InChI is InChI=1S/C49H32N2/c1-3-15-33(16-4-1)49-50-47-32-35(28-30-48(47)51(49)36-17-5-2-6-18-36)34-27-29-45-43-25-12-11-23-41(43)39-21-8-7-19-37(39)38-20-9-10-22-40(38)42-24-13-14-26-44(42)46(45)31-34/h1-32H. The highest BCUT2D eigenvalue weighted by atomic mass is 15.1. The summed E-state index contributed by atoms with van der Waals surface area (Å²) in [6, 6.07) is 70.1. The Balaban J connectivity index is 1.30. The van der Waals surface area contributed by atoms with Crippen LogP contribution < -0.4 is 0 Å². The second-order valence-corrected chi connectivity index (χ2v) is 13.1. The Bertz CT molecular complexity index is 2940. The van der Waals surface area contributed by atoms with Crippen LogP contribution in [0.2, 0.25) is 0 Å². The molecule has 0 bridgehead atoms. The van der Waals surface area contributed by atoms with E-state index in [0.29, 0.717) is 0 Å². The molecule has 0 aliphatic carbocycles. The summed E-state index contributed by atoms with van der Waals surface area (Å²) >= 11 is 0. The predicted octanol–water partition coefficient (Wildman–Crippen LogP) is 13.2. The Kier molecular flexibility index (Phi) is 6.85. The summed E-state index contributed by atoms with van der Waals surface area (Å²) in [4.78, 5) is 5.26. The molecule has 10 aromatic rings. The predicted molar refractivity (Wildman–Crippen MR) is 217 cm³/mol. The van der Waals surface area contributed by atoms with E-state index in [2.05, 4.69) is 199 Å². The van der Waals surface area contributed by atoms with Crippen molar-refractivity contribution in [2.75, 3.05) is 0 Å². The molecule has 1 aromatic heterocycles. The third-order valence-corrected chi connectivity index (χ3v) is 10.2. The molecule has 1 heterocycles. The lowest BCUT2D eigenvalue weighted by Gasteiger charge is -2.11. The van der Waals surface area contributed by atoms with Crippen LogP contribution in [-0.2, 0) is 0 Å². The van der Waals surface area contributed by atoms with E-state index in [1.165, 1.54) is 53.9 Å². The smallest absolute Gasteiger partial charge is 0.145 e. The van der Waals surface area contributed by atoms with Gasteiger partial charge in [-0.15, -0.1) is 0 Å². The van der Waals surface area contributed by atoms with Gasteiger partial charge in [-0.3, -0.25) is 4.57 Å². The van der Waals surface area contributed by atoms with E-state index in [9.17, 15) is 0 Å². The molecule has 238 valence electrons. The first-order chi connectivity index (χ1) is 25.3. The number of hydrogen-bond donors (Lipinski definition) is 0. The Morgan fingerprint density at radius 2 is 0.686 bits per heavy atom. The molecule has 0 N–H and O–H groups in total. The Morgan fingerprint density at radius 1 is 0.294 bits per heavy atom. The molecule has 0 spiro atoms. The molecular formula is C49H32N2. The minimum atomic E-state index is 0.934. The Morgan fingerprint density at radius 3 is 1.20 bits per heavy atom. The molecule has 0 saturated heterocycles. The van der Waals surface area contributed by atoms with Crippen LogP contribution in [-0.4, -0.2) is 9.55 Å². The summed E-state index contributed by atoms with van der Waals surface area (Å²) in [5.41, 5.74) is 6.52. The fraction of sp³-hybridized carbons (Fsp3) is 0. The Labute approximate surface area is 295 Å². The van der Waals surface area contributed by atoms with Gasteiger partial charge < -0.3 is 0 Å². The van der Waals surface area contributed by atoms with E-state index in [4.69, 9.17) is 4.98 Å². The monoisotopic (exact) mass is 648 g/mol. The summed E-state index contributed by atoms with van der Waals surface area (Å²) in [5.74, 6) is 0.934. The fourth-order valence-corrected chi connectivity index (χ4v) is 7.87. The van der Waals surface area contributed by atoms with Gasteiger partial charge in [-0.1, -0.05) is 164 Å². The highest BCUT2D eigenvalue weighted by Gasteiger charge is 2.16. The van der Waals surface area contributed by atoms with Crippen LogP contribution in [0.25, 0.3) is 93.1 Å². The summed E-state index contributed by atoms with van der Waals surface area (Å²) in [6.07, 6.45) is 0. The number of rotatable bonds is 3. The zero-order chi connectivity index (χ0) is 33.7. The van der Waals surface area contributed by atoms with E-state index in [-0.39, 0.29) is 0 Å². The van der Waals surface area contributed by atoms with Crippen molar-refractivity contribution in [2.24, 2.45) is 0 Å². The van der Waals surface area contributed by atoms with Crippen molar-refractivity contribution < 1.29 is 0 Å². The van der Waals surface area contributed by atoms with Gasteiger partial charge in [0.25, 0.3) is 0 Å². The zero-order valence-corrected chi connectivity index (χ0v) is 27.9. The van der Waals surface area contributed by atoms with Gasteiger partial charge in [-0.25, -0.2) is 4.98 Å². The van der Waals surface area contributed by atoms with Gasteiger partial charge in [0.2, 0.25) is 0 Å². The molecule has 0 amide bonds. The lowest BCUT2D eigenvalue weighted by molar-refractivity contribution is 1.10. The minimum Gasteiger partial charge on any atom is -0.292 e. The first-order valence-electron chi connectivity index (χ1n) is 17.5. The summed E-state index contributed by atoms with van der Waals surface area (Å²) in [5, 5.41) is 12.3. The molecule has 0 atom stereocenters. The second-order valence-electron chi connectivity index (χ2n) is 13.1. The van der Waals surface area contributed by atoms with Crippen LogP contribution in [0.5, 0.6) is 0 Å². The third kappa shape index (κ3) is 4.84. The maximum absolute atomic E-state index is 5.26. The summed E-state index contributed by atoms with van der Waals surface area (Å²) in [7, 11) is 0. The molecule has 0 radical (unpaired) electrons. The van der Waals surface area contributed by atoms with Crippen molar-refractivity contribution in [3.63, 3.8) is 0 Å². The molecule has 0 unspecified atom stereocenters. The molecule has 2 heteroatoms. The third-order valence-electron chi connectivity index (χ3n) is 10.2. The first kappa shape index (κ1) is 29.2. The normalized spacial score (nSPS) is 11.5. The van der Waals surface area contributed by atoms with Crippen LogP contribution in [0.3, 0.4) is 0 Å². The van der Waals surface area contributed by atoms with Crippen molar-refractivity contribution in [3.8, 4) is 28.2 Å². The van der Waals surface area contributed by atoms with Gasteiger partial charge in [0.05, 0.1) is 11.0 Å². The fourth-order valence-electron chi connectivity index (χ4n) is 7.87. The highest BCUT2D eigenvalue weighted by molar-refractivity contribution is 6.26. The van der Waals surface area contributed by atoms with Gasteiger partial charge in [-0.2, -0.15) is 0 Å². The summed E-state index contributed by atoms with van der Waals surface area (Å²) < 4.78 is 2.27. The lowest BCUT2D eigenvalue weighted by atomic mass is 9.93. The van der Waals surface area contributed by atoms with Crippen LogP contribution in [0.4, 0.5) is 0 Å². The molecule has 51 heavy (non-hydrogen) atoms. The molecule has 10 rings (SSSR count). The Hall–Kier alpha value is -6.77. The van der Waals surface area contributed by atoms with E-state index in [1.807, 2.05) is 0 Å². The van der Waals surface area contributed by atoms with E-state index < -0.39 is 0 Å². The van der Waals surface area contributed by atoms with Gasteiger partial charge in [0, 0.05) is 11.3 Å². The second kappa shape index (κ2) is 12.0. The van der Waals surface area contributed by atoms with Gasteiger partial charge in [-0.05, 0) is 95.3 Å². The SMILES string of the molecule is c1ccc(-c2nc3cc(-c4ccc5c6ccccc6c6ccccc6c6ccccc6c6ccccc6c5c4)ccc3n2-c2ccccc2)cc1. The number of nitrogens with zero attached hydrogens (tertiary/aromatic N) is 2. The average molecular weight is 649 g/mol. The number of para-hydroxylation sites is 1. The van der Waals surface area contributed by atoms with Crippen molar-refractivity contribution in [2.45, 2.75) is 0 Å². The van der Waals surface area contributed by atoms with Crippen molar-refractivity contribution >= 4 is 64.9 Å². The van der Waals surface area contributed by atoms with Crippen LogP contribution >= 0.6 is 0 Å². The van der Waals surface area contributed by atoms with Crippen LogP contribution in [0, 0.1) is 0 Å². The van der Waals surface area contributed by atoms with Gasteiger partial charge in [0.15, 0.2) is 0 Å². The molecular weight excluding hydrogens is 617 g/mol. The zero-order valence-electron chi connectivity index (χ0n) is 27.9. The molecule has 0 aliphatic heterocycles. The number of hydrogen-bond acceptors (Lipinski definition) is 1. The quantitative estimate of drug-likeness (QED) is 0.186. The van der Waals surface area contributed by atoms with Crippen molar-refractivity contribution in [1.29, 1.82) is 0 Å². The van der Waals surface area contributed by atoms with Crippen LogP contribution in [0.1, 0.15) is 0 Å². The number of benzene rings is 8. The van der Waals surface area contributed by atoms with Gasteiger partial charge in [0.1, 0.15) is 5.82 Å². The molecule has 9 aromatic carbocycles. The molecule has 0 saturated carbocycles. The first-order valence-corrected chi connectivity index (χ1v) is 17.5. The minimum absolute atomic E-state index is 0.934. The van der Waals surface area contributed by atoms with E-state index >= 15 is 0 Å². The molecule has 0 aliphatic rings. The van der Waals surface area contributed by atoms with E-state index in [0.717, 1.165) is 39.2 Å². The number of aromatic nitrogens is 2. The van der Waals surface area contributed by atoms with Crippen molar-refractivity contribution in [1.82, 2.24) is 9.55 Å². The lowest BCUT2D eigenvalue weighted by Crippen LogP contribution is -1.97. The van der Waals surface area contributed by atoms with Crippen LogP contribution in [0.15, 0.2) is 194 Å². The maximum atomic E-state index is 5.26. The topological polar surface area (TPSA) is 17.8 Å². The average Bonchev–Trinajstić information content (AvgIpc) is 3.60.